The molecule has 0 unspecified atom stereocenters. The van der Waals surface area contributed by atoms with Gasteiger partial charge >= 0.3 is 0 Å². The molecule has 4 heteroatoms. The van der Waals surface area contributed by atoms with E-state index in [0.29, 0.717) is 17.1 Å². The monoisotopic (exact) mass is 285 g/mol. The number of nitrogens with zero attached hydrogens (tertiary/aromatic N) is 1. The van der Waals surface area contributed by atoms with E-state index in [0.717, 1.165) is 11.3 Å². The first kappa shape index (κ1) is 14.9. The van der Waals surface area contributed by atoms with Gasteiger partial charge in [-0.05, 0) is 31.2 Å². The first-order valence-electron chi connectivity index (χ1n) is 6.63. The molecule has 0 saturated heterocycles. The maximum absolute atomic E-state index is 12.5. The van der Waals surface area contributed by atoms with Crippen molar-refractivity contribution in [3.05, 3.63) is 53.6 Å². The third-order valence-corrected chi connectivity index (χ3v) is 3.32. The lowest BCUT2D eigenvalue weighted by atomic mass is 10.1. The van der Waals surface area contributed by atoms with Crippen molar-refractivity contribution >= 4 is 11.6 Å². The van der Waals surface area contributed by atoms with E-state index in [-0.39, 0.29) is 5.91 Å². The molecule has 0 aliphatic rings. The van der Waals surface area contributed by atoms with Gasteiger partial charge in [0.05, 0.1) is 14.2 Å². The summed E-state index contributed by atoms with van der Waals surface area (Å²) in [6.45, 7) is 1.97. The molecule has 0 spiro atoms. The Labute approximate surface area is 124 Å². The molecule has 0 atom stereocenters. The van der Waals surface area contributed by atoms with E-state index < -0.39 is 0 Å². The third kappa shape index (κ3) is 3.16. The Kier molecular flexibility index (Phi) is 4.48. The van der Waals surface area contributed by atoms with E-state index in [2.05, 4.69) is 0 Å². The highest BCUT2D eigenvalue weighted by Crippen LogP contribution is 2.31. The molecular formula is C17H19NO3. The standard InChI is InChI=1S/C17H19NO3/c1-12-6-5-7-13(10-12)17(19)18(2)14-8-9-15(20-3)16(11-14)21-4/h5-11H,1-4H3. The van der Waals surface area contributed by atoms with Gasteiger partial charge in [-0.25, -0.2) is 0 Å². The van der Waals surface area contributed by atoms with Crippen LogP contribution in [0.3, 0.4) is 0 Å². The molecule has 21 heavy (non-hydrogen) atoms. The first-order chi connectivity index (χ1) is 10.1. The molecule has 2 aromatic carbocycles. The average Bonchev–Trinajstić information content (AvgIpc) is 2.52. The minimum atomic E-state index is -0.0640. The van der Waals surface area contributed by atoms with Gasteiger partial charge in [-0.3, -0.25) is 4.79 Å². The van der Waals surface area contributed by atoms with Crippen molar-refractivity contribution in [3.8, 4) is 11.5 Å². The fourth-order valence-electron chi connectivity index (χ4n) is 2.12. The van der Waals surface area contributed by atoms with Crippen LogP contribution >= 0.6 is 0 Å². The molecular weight excluding hydrogens is 266 g/mol. The second kappa shape index (κ2) is 6.31. The molecule has 0 radical (unpaired) electrons. The van der Waals surface area contributed by atoms with Crippen LogP contribution in [0.25, 0.3) is 0 Å². The minimum absolute atomic E-state index is 0.0640. The van der Waals surface area contributed by atoms with Crippen molar-refractivity contribution in [2.45, 2.75) is 6.92 Å². The zero-order valence-electron chi connectivity index (χ0n) is 12.7. The van der Waals surface area contributed by atoms with Crippen molar-refractivity contribution in [1.29, 1.82) is 0 Å². The summed E-state index contributed by atoms with van der Waals surface area (Å²) in [5.74, 6) is 1.17. The van der Waals surface area contributed by atoms with E-state index in [1.54, 1.807) is 38.3 Å². The van der Waals surface area contributed by atoms with Crippen LogP contribution in [0.5, 0.6) is 11.5 Å². The zero-order chi connectivity index (χ0) is 15.4. The summed E-state index contributed by atoms with van der Waals surface area (Å²) >= 11 is 0. The molecule has 1 amide bonds. The van der Waals surface area contributed by atoms with Gasteiger partial charge in [0.25, 0.3) is 5.91 Å². The van der Waals surface area contributed by atoms with Crippen LogP contribution in [0.4, 0.5) is 5.69 Å². The predicted molar refractivity (Wildman–Crippen MR) is 83.5 cm³/mol. The number of methoxy groups -OCH3 is 2. The van der Waals surface area contributed by atoms with Gasteiger partial charge in [0.15, 0.2) is 11.5 Å². The summed E-state index contributed by atoms with van der Waals surface area (Å²) in [6.07, 6.45) is 0. The summed E-state index contributed by atoms with van der Waals surface area (Å²) in [6, 6.07) is 12.9. The lowest BCUT2D eigenvalue weighted by Crippen LogP contribution is -2.26. The van der Waals surface area contributed by atoms with E-state index in [1.165, 1.54) is 0 Å². The van der Waals surface area contributed by atoms with Crippen molar-refractivity contribution in [3.63, 3.8) is 0 Å². The molecule has 0 heterocycles. The number of amides is 1. The fraction of sp³-hybridized carbons (Fsp3) is 0.235. The Morgan fingerprint density at radius 2 is 1.71 bits per heavy atom. The Morgan fingerprint density at radius 1 is 1.00 bits per heavy atom. The highest BCUT2D eigenvalue weighted by atomic mass is 16.5. The summed E-state index contributed by atoms with van der Waals surface area (Å²) in [5, 5.41) is 0. The molecule has 110 valence electrons. The summed E-state index contributed by atoms with van der Waals surface area (Å²) in [4.78, 5) is 14.1. The van der Waals surface area contributed by atoms with Crippen molar-refractivity contribution in [2.24, 2.45) is 0 Å². The lowest BCUT2D eigenvalue weighted by Gasteiger charge is -2.19. The predicted octanol–water partition coefficient (Wildman–Crippen LogP) is 3.29. The SMILES string of the molecule is COc1ccc(N(C)C(=O)c2cccc(C)c2)cc1OC. The number of ether oxygens (including phenoxy) is 2. The number of carbonyl (C=O) groups excluding carboxylic acids is 1. The van der Waals surface area contributed by atoms with Gasteiger partial charge in [0, 0.05) is 24.4 Å². The van der Waals surface area contributed by atoms with E-state index in [4.69, 9.17) is 9.47 Å². The number of anilines is 1. The van der Waals surface area contributed by atoms with Gasteiger partial charge in [-0.15, -0.1) is 0 Å². The normalized spacial score (nSPS) is 10.1. The van der Waals surface area contributed by atoms with Crippen LogP contribution in [0.1, 0.15) is 15.9 Å². The number of benzene rings is 2. The topological polar surface area (TPSA) is 38.8 Å². The van der Waals surface area contributed by atoms with Crippen molar-refractivity contribution < 1.29 is 14.3 Å². The second-order valence-corrected chi connectivity index (χ2v) is 4.77. The number of hydrogen-bond donors (Lipinski definition) is 0. The van der Waals surface area contributed by atoms with Gasteiger partial charge < -0.3 is 14.4 Å². The molecule has 0 saturated carbocycles. The largest absolute Gasteiger partial charge is 0.493 e. The Bertz CT molecular complexity index is 652. The van der Waals surface area contributed by atoms with Gasteiger partial charge in [-0.2, -0.15) is 0 Å². The van der Waals surface area contributed by atoms with E-state index >= 15 is 0 Å². The lowest BCUT2D eigenvalue weighted by molar-refractivity contribution is 0.0993. The van der Waals surface area contributed by atoms with Crippen LogP contribution < -0.4 is 14.4 Å². The number of carbonyl (C=O) groups is 1. The van der Waals surface area contributed by atoms with Crippen molar-refractivity contribution in [2.75, 3.05) is 26.2 Å². The Balaban J connectivity index is 2.31. The molecule has 2 rings (SSSR count). The molecule has 0 N–H and O–H groups in total. The maximum Gasteiger partial charge on any atom is 0.258 e. The fourth-order valence-corrected chi connectivity index (χ4v) is 2.12. The summed E-state index contributed by atoms with van der Waals surface area (Å²) in [7, 11) is 4.90. The van der Waals surface area contributed by atoms with E-state index in [1.807, 2.05) is 37.3 Å². The van der Waals surface area contributed by atoms with Crippen molar-refractivity contribution in [1.82, 2.24) is 0 Å². The Morgan fingerprint density at radius 3 is 2.33 bits per heavy atom. The van der Waals surface area contributed by atoms with Crippen LogP contribution in [0, 0.1) is 6.92 Å². The highest BCUT2D eigenvalue weighted by molar-refractivity contribution is 6.05. The number of hydrogen-bond acceptors (Lipinski definition) is 3. The zero-order valence-corrected chi connectivity index (χ0v) is 12.7. The van der Waals surface area contributed by atoms with Crippen LogP contribution in [-0.4, -0.2) is 27.2 Å². The van der Waals surface area contributed by atoms with Crippen LogP contribution in [0.2, 0.25) is 0 Å². The quantitative estimate of drug-likeness (QED) is 0.865. The van der Waals surface area contributed by atoms with E-state index in [9.17, 15) is 4.79 Å². The van der Waals surface area contributed by atoms with Gasteiger partial charge in [0.2, 0.25) is 0 Å². The molecule has 4 nitrogen and oxygen atoms in total. The third-order valence-electron chi connectivity index (χ3n) is 3.32. The van der Waals surface area contributed by atoms with Gasteiger partial charge in [0.1, 0.15) is 0 Å². The van der Waals surface area contributed by atoms with Crippen LogP contribution in [-0.2, 0) is 0 Å². The molecule has 0 aromatic heterocycles. The molecule has 0 aliphatic carbocycles. The van der Waals surface area contributed by atoms with Crippen LogP contribution in [0.15, 0.2) is 42.5 Å². The number of rotatable bonds is 4. The minimum Gasteiger partial charge on any atom is -0.493 e. The second-order valence-electron chi connectivity index (χ2n) is 4.77. The molecule has 0 fully saturated rings. The number of aryl methyl sites for hydroxylation is 1. The smallest absolute Gasteiger partial charge is 0.258 e. The first-order valence-corrected chi connectivity index (χ1v) is 6.63. The average molecular weight is 285 g/mol. The molecule has 2 aromatic rings. The summed E-state index contributed by atoms with van der Waals surface area (Å²) < 4.78 is 10.5. The highest BCUT2D eigenvalue weighted by Gasteiger charge is 2.15. The summed E-state index contributed by atoms with van der Waals surface area (Å²) in [5.41, 5.74) is 2.47. The Hall–Kier alpha value is -2.49. The molecule has 0 aliphatic heterocycles. The molecule has 0 bridgehead atoms. The van der Waals surface area contributed by atoms with Gasteiger partial charge in [-0.1, -0.05) is 17.7 Å². The maximum atomic E-state index is 12.5.